The maximum Gasteiger partial charge on any atom is 0.220 e. The Bertz CT molecular complexity index is 1110. The average Bonchev–Trinajstić information content (AvgIpc) is 3.23. The molecule has 4 heterocycles. The zero-order chi connectivity index (χ0) is 20.2. The van der Waals surface area contributed by atoms with Crippen LogP contribution in [-0.2, 0) is 11.8 Å². The number of nitrogens with zero attached hydrogens (tertiary/aromatic N) is 4. The van der Waals surface area contributed by atoms with Gasteiger partial charge in [-0.3, -0.25) is 4.79 Å². The number of aryl methyl sites for hydroxylation is 1. The summed E-state index contributed by atoms with van der Waals surface area (Å²) in [5.41, 5.74) is 3.01. The fourth-order valence-corrected chi connectivity index (χ4v) is 5.16. The van der Waals surface area contributed by atoms with Crippen molar-refractivity contribution in [1.82, 2.24) is 19.9 Å². The molecule has 2 aliphatic rings. The van der Waals surface area contributed by atoms with Gasteiger partial charge in [-0.2, -0.15) is 0 Å². The number of benzene rings is 1. The molecule has 0 saturated carbocycles. The van der Waals surface area contributed by atoms with Crippen molar-refractivity contribution >= 4 is 34.4 Å². The molecule has 1 aromatic carbocycles. The number of para-hydroxylation sites is 2. The number of aromatic nitrogens is 3. The van der Waals surface area contributed by atoms with E-state index >= 15 is 0 Å². The molecule has 6 nitrogen and oxygen atoms in total. The summed E-state index contributed by atoms with van der Waals surface area (Å²) in [7, 11) is 2.01. The maximum atomic E-state index is 11.8. The number of halogens is 1. The molecule has 3 aromatic rings. The molecular weight excluding hydrogens is 386 g/mol. The van der Waals surface area contributed by atoms with E-state index < -0.39 is 0 Å². The minimum absolute atomic E-state index is 0.0969. The van der Waals surface area contributed by atoms with Gasteiger partial charge in [0.05, 0.1) is 16.1 Å². The second-order valence-corrected chi connectivity index (χ2v) is 8.86. The zero-order valence-corrected chi connectivity index (χ0v) is 17.4. The summed E-state index contributed by atoms with van der Waals surface area (Å²) in [6, 6.07) is 10.4. The lowest BCUT2D eigenvalue weighted by atomic mass is 9.75. The van der Waals surface area contributed by atoms with Crippen molar-refractivity contribution in [2.45, 2.75) is 32.2 Å². The summed E-state index contributed by atoms with van der Waals surface area (Å²) in [5.74, 6) is 1.93. The highest BCUT2D eigenvalue weighted by Gasteiger charge is 2.43. The molecule has 2 fully saturated rings. The van der Waals surface area contributed by atoms with Crippen molar-refractivity contribution in [3.05, 3.63) is 41.6 Å². The number of anilines is 1. The number of fused-ring (bicyclic) bond motifs is 1. The van der Waals surface area contributed by atoms with Crippen LogP contribution in [0.2, 0.25) is 5.02 Å². The standard InChI is InChI=1S/C22H24ClN5O/c1-14-10-22(11-20(29)25-13-22)7-8-28(14)19-9-15(16(23)12-24-19)21-26-17-5-3-4-6-18(17)27(21)2/h3-6,9,12,14H,7-8,10-11,13H2,1-2H3,(H,25,29)/t14-,22?/m1/s1. The number of pyridine rings is 1. The first kappa shape index (κ1) is 18.4. The van der Waals surface area contributed by atoms with Gasteiger partial charge in [-0.15, -0.1) is 0 Å². The van der Waals surface area contributed by atoms with Crippen LogP contribution in [0.4, 0.5) is 5.82 Å². The SMILES string of the molecule is C[C@@H]1CC2(CCN1c1cc(-c3nc4ccccc4n3C)c(Cl)cn1)CNC(=O)C2. The summed E-state index contributed by atoms with van der Waals surface area (Å²) in [6.07, 6.45) is 4.34. The summed E-state index contributed by atoms with van der Waals surface area (Å²) in [4.78, 5) is 23.5. The van der Waals surface area contributed by atoms with Gasteiger partial charge in [-0.1, -0.05) is 23.7 Å². The van der Waals surface area contributed by atoms with E-state index in [0.717, 1.165) is 54.2 Å². The molecule has 7 heteroatoms. The van der Waals surface area contributed by atoms with Crippen molar-refractivity contribution < 1.29 is 4.79 Å². The molecule has 5 rings (SSSR count). The van der Waals surface area contributed by atoms with Gasteiger partial charge in [0.1, 0.15) is 11.6 Å². The maximum absolute atomic E-state index is 11.8. The minimum atomic E-state index is 0.0969. The monoisotopic (exact) mass is 409 g/mol. The van der Waals surface area contributed by atoms with Gasteiger partial charge in [-0.25, -0.2) is 9.97 Å². The molecule has 0 aliphatic carbocycles. The molecule has 150 valence electrons. The van der Waals surface area contributed by atoms with Crippen molar-refractivity contribution in [2.75, 3.05) is 18.0 Å². The summed E-state index contributed by atoms with van der Waals surface area (Å²) >= 11 is 6.54. The fourth-order valence-electron chi connectivity index (χ4n) is 4.97. The van der Waals surface area contributed by atoms with E-state index in [2.05, 4.69) is 38.8 Å². The third-order valence-electron chi connectivity index (χ3n) is 6.50. The Balaban J connectivity index is 1.48. The third-order valence-corrected chi connectivity index (χ3v) is 6.80. The van der Waals surface area contributed by atoms with Crippen molar-refractivity contribution in [3.8, 4) is 11.4 Å². The Morgan fingerprint density at radius 3 is 2.86 bits per heavy atom. The number of amides is 1. The molecule has 2 saturated heterocycles. The van der Waals surface area contributed by atoms with Crippen LogP contribution in [0.1, 0.15) is 26.2 Å². The van der Waals surface area contributed by atoms with E-state index in [-0.39, 0.29) is 11.3 Å². The Labute approximate surface area is 174 Å². The van der Waals surface area contributed by atoms with E-state index in [1.807, 2.05) is 25.2 Å². The van der Waals surface area contributed by atoms with Crippen LogP contribution in [0.3, 0.4) is 0 Å². The van der Waals surface area contributed by atoms with E-state index in [0.29, 0.717) is 17.5 Å². The molecule has 1 N–H and O–H groups in total. The number of imidazole rings is 1. The van der Waals surface area contributed by atoms with Crippen LogP contribution >= 0.6 is 11.6 Å². The highest BCUT2D eigenvalue weighted by molar-refractivity contribution is 6.33. The molecule has 1 amide bonds. The second-order valence-electron chi connectivity index (χ2n) is 8.46. The lowest BCUT2D eigenvalue weighted by molar-refractivity contribution is -0.119. The molecule has 0 radical (unpaired) electrons. The first-order valence-corrected chi connectivity index (χ1v) is 10.4. The van der Waals surface area contributed by atoms with Gasteiger partial charge in [0, 0.05) is 49.8 Å². The lowest BCUT2D eigenvalue weighted by Crippen LogP contribution is -2.47. The van der Waals surface area contributed by atoms with Gasteiger partial charge in [0.15, 0.2) is 0 Å². The second kappa shape index (κ2) is 6.73. The number of hydrogen-bond donors (Lipinski definition) is 1. The quantitative estimate of drug-likeness (QED) is 0.699. The predicted molar refractivity (Wildman–Crippen MR) is 115 cm³/mol. The topological polar surface area (TPSA) is 63.1 Å². The van der Waals surface area contributed by atoms with Gasteiger partial charge in [-0.05, 0) is 38.0 Å². The molecule has 29 heavy (non-hydrogen) atoms. The number of piperidine rings is 1. The first-order chi connectivity index (χ1) is 14.0. The largest absolute Gasteiger partial charge is 0.356 e. The molecule has 1 unspecified atom stereocenters. The number of rotatable bonds is 2. The molecule has 2 aromatic heterocycles. The number of carbonyl (C=O) groups excluding carboxylic acids is 1. The molecule has 0 bridgehead atoms. The first-order valence-electron chi connectivity index (χ1n) is 10.1. The van der Waals surface area contributed by atoms with Gasteiger partial charge in [0.2, 0.25) is 5.91 Å². The summed E-state index contributed by atoms with van der Waals surface area (Å²) in [5, 5.41) is 3.61. The average molecular weight is 410 g/mol. The highest BCUT2D eigenvalue weighted by Crippen LogP contribution is 2.42. The smallest absolute Gasteiger partial charge is 0.220 e. The number of hydrogen-bond acceptors (Lipinski definition) is 4. The predicted octanol–water partition coefficient (Wildman–Crippen LogP) is 3.78. The van der Waals surface area contributed by atoms with Gasteiger partial charge >= 0.3 is 0 Å². The van der Waals surface area contributed by atoms with Crippen molar-refractivity contribution in [3.63, 3.8) is 0 Å². The Morgan fingerprint density at radius 2 is 2.14 bits per heavy atom. The van der Waals surface area contributed by atoms with E-state index in [1.54, 1.807) is 6.20 Å². The Kier molecular flexibility index (Phi) is 4.28. The van der Waals surface area contributed by atoms with E-state index in [4.69, 9.17) is 16.6 Å². The molecule has 2 atom stereocenters. The summed E-state index contributed by atoms with van der Waals surface area (Å²) in [6.45, 7) is 3.89. The summed E-state index contributed by atoms with van der Waals surface area (Å²) < 4.78 is 2.07. The Morgan fingerprint density at radius 1 is 1.31 bits per heavy atom. The van der Waals surface area contributed by atoms with Crippen LogP contribution in [0.25, 0.3) is 22.4 Å². The molecule has 1 spiro atoms. The highest BCUT2D eigenvalue weighted by atomic mass is 35.5. The van der Waals surface area contributed by atoms with Crippen LogP contribution in [-0.4, -0.2) is 39.6 Å². The zero-order valence-electron chi connectivity index (χ0n) is 16.7. The van der Waals surface area contributed by atoms with Crippen LogP contribution in [0, 0.1) is 5.41 Å². The number of carbonyl (C=O) groups is 1. The van der Waals surface area contributed by atoms with E-state index in [9.17, 15) is 4.79 Å². The Hall–Kier alpha value is -2.60. The third kappa shape index (κ3) is 3.06. The van der Waals surface area contributed by atoms with Gasteiger partial charge in [0.25, 0.3) is 0 Å². The fraction of sp³-hybridized carbons (Fsp3) is 0.409. The molecular formula is C22H24ClN5O. The molecule has 2 aliphatic heterocycles. The van der Waals surface area contributed by atoms with Crippen LogP contribution in [0.15, 0.2) is 36.5 Å². The van der Waals surface area contributed by atoms with Gasteiger partial charge < -0.3 is 14.8 Å². The van der Waals surface area contributed by atoms with Crippen molar-refractivity contribution in [1.29, 1.82) is 0 Å². The van der Waals surface area contributed by atoms with Crippen LogP contribution < -0.4 is 10.2 Å². The lowest BCUT2D eigenvalue weighted by Gasteiger charge is -2.43. The van der Waals surface area contributed by atoms with Crippen molar-refractivity contribution in [2.24, 2.45) is 12.5 Å². The van der Waals surface area contributed by atoms with Crippen LogP contribution in [0.5, 0.6) is 0 Å². The minimum Gasteiger partial charge on any atom is -0.356 e. The normalized spacial score (nSPS) is 24.4. The number of nitrogens with one attached hydrogen (secondary N) is 1. The van der Waals surface area contributed by atoms with E-state index in [1.165, 1.54) is 0 Å².